The molecular formula is C17H16F5NO2. The number of hydrogen-bond acceptors (Lipinski definition) is 3. The van der Waals surface area contributed by atoms with Crippen molar-refractivity contribution >= 4 is 5.78 Å². The van der Waals surface area contributed by atoms with Crippen LogP contribution in [0.5, 0.6) is 0 Å². The van der Waals surface area contributed by atoms with Gasteiger partial charge in [0.25, 0.3) is 0 Å². The first-order valence-corrected chi connectivity index (χ1v) is 7.12. The summed E-state index contributed by atoms with van der Waals surface area (Å²) in [5.41, 5.74) is -2.86. The minimum absolute atomic E-state index is 0.0648. The number of allylic oxidation sites excluding steroid dienone is 2. The highest BCUT2D eigenvalue weighted by molar-refractivity contribution is 6.04. The molecular weight excluding hydrogens is 345 g/mol. The lowest BCUT2D eigenvalue weighted by Gasteiger charge is -2.25. The number of benzene rings is 1. The summed E-state index contributed by atoms with van der Waals surface area (Å²) in [5.74, 6) is -6.47. The van der Waals surface area contributed by atoms with Crippen molar-refractivity contribution in [2.75, 3.05) is 0 Å². The third-order valence-electron chi connectivity index (χ3n) is 3.54. The molecule has 0 atom stereocenters. The molecule has 0 bridgehead atoms. The van der Waals surface area contributed by atoms with E-state index in [1.54, 1.807) is 0 Å². The highest BCUT2D eigenvalue weighted by atomic mass is 19.4. The molecule has 1 aromatic rings. The molecule has 0 saturated carbocycles. The number of aliphatic hydroxyl groups is 1. The van der Waals surface area contributed by atoms with Crippen molar-refractivity contribution in [3.63, 3.8) is 0 Å². The minimum Gasteiger partial charge on any atom is -0.510 e. The predicted octanol–water partition coefficient (Wildman–Crippen LogP) is 4.83. The Bertz CT molecular complexity index is 719. The van der Waals surface area contributed by atoms with E-state index >= 15 is 0 Å². The highest BCUT2D eigenvalue weighted by Gasteiger charge is 2.39. The summed E-state index contributed by atoms with van der Waals surface area (Å²) in [6.07, 6.45) is -4.56. The van der Waals surface area contributed by atoms with Crippen LogP contribution in [-0.2, 0) is 17.4 Å². The number of halogens is 5. The van der Waals surface area contributed by atoms with Crippen LogP contribution in [0.25, 0.3) is 0 Å². The average molecular weight is 361 g/mol. The van der Waals surface area contributed by atoms with Gasteiger partial charge in [0.1, 0.15) is 17.4 Å². The molecule has 1 rings (SSSR count). The first-order chi connectivity index (χ1) is 11.2. The lowest BCUT2D eigenvalue weighted by Crippen LogP contribution is -2.29. The summed E-state index contributed by atoms with van der Waals surface area (Å²) >= 11 is 0. The summed E-state index contributed by atoms with van der Waals surface area (Å²) in [5, 5.41) is 19.1. The second-order valence-electron chi connectivity index (χ2n) is 6.31. The number of Topliss-reactive ketones (excluding diaryl/α,β-unsaturated/α-hetero) is 1. The van der Waals surface area contributed by atoms with Crippen molar-refractivity contribution < 1.29 is 31.9 Å². The summed E-state index contributed by atoms with van der Waals surface area (Å²) in [4.78, 5) is 11.6. The molecule has 25 heavy (non-hydrogen) atoms. The second kappa shape index (κ2) is 6.82. The molecule has 0 fully saturated rings. The molecule has 3 nitrogen and oxygen atoms in total. The van der Waals surface area contributed by atoms with E-state index < -0.39 is 40.2 Å². The summed E-state index contributed by atoms with van der Waals surface area (Å²) in [6, 6.07) is 5.34. The topological polar surface area (TPSA) is 61.1 Å². The van der Waals surface area contributed by atoms with Gasteiger partial charge in [0, 0.05) is 12.3 Å². The molecule has 0 amide bonds. The van der Waals surface area contributed by atoms with Gasteiger partial charge in [-0.05, 0) is 24.1 Å². The average Bonchev–Trinajstić information content (AvgIpc) is 2.46. The monoisotopic (exact) mass is 361 g/mol. The third kappa shape index (κ3) is 5.02. The Morgan fingerprint density at radius 1 is 1.08 bits per heavy atom. The molecule has 0 spiro atoms. The lowest BCUT2D eigenvalue weighted by molar-refractivity contribution is -0.137. The number of nitriles is 1. The van der Waals surface area contributed by atoms with E-state index in [2.05, 4.69) is 0 Å². The van der Waals surface area contributed by atoms with E-state index in [1.807, 2.05) is 0 Å². The normalized spacial score (nSPS) is 13.9. The van der Waals surface area contributed by atoms with E-state index in [4.69, 9.17) is 5.26 Å². The predicted molar refractivity (Wildman–Crippen MR) is 79.8 cm³/mol. The number of hydrogen-bond donors (Lipinski definition) is 1. The first-order valence-electron chi connectivity index (χ1n) is 7.12. The maximum atomic E-state index is 13.1. The number of rotatable bonds is 5. The van der Waals surface area contributed by atoms with Gasteiger partial charge in [0.15, 0.2) is 0 Å². The van der Waals surface area contributed by atoms with Crippen molar-refractivity contribution in [2.45, 2.75) is 39.3 Å². The number of carbonyl (C=O) groups excluding carboxylic acids is 1. The van der Waals surface area contributed by atoms with Crippen molar-refractivity contribution in [1.29, 1.82) is 5.26 Å². The highest BCUT2D eigenvalue weighted by Crippen LogP contribution is 2.34. The fourth-order valence-electron chi connectivity index (χ4n) is 2.17. The molecule has 0 aliphatic rings. The van der Waals surface area contributed by atoms with Crippen LogP contribution in [-0.4, -0.2) is 16.8 Å². The first kappa shape index (κ1) is 20.6. The van der Waals surface area contributed by atoms with Crippen molar-refractivity contribution in [2.24, 2.45) is 5.41 Å². The van der Waals surface area contributed by atoms with Gasteiger partial charge in [-0.2, -0.15) is 27.2 Å². The van der Waals surface area contributed by atoms with Crippen LogP contribution < -0.4 is 0 Å². The second-order valence-corrected chi connectivity index (χ2v) is 6.31. The number of alkyl halides is 5. The zero-order chi connectivity index (χ0) is 19.6. The van der Waals surface area contributed by atoms with Crippen molar-refractivity contribution in [3.8, 4) is 6.07 Å². The Morgan fingerprint density at radius 2 is 1.56 bits per heavy atom. The SMILES string of the molecule is CC(F)(F)C(=O)C(C#N)=C(O)C(C)(C)Cc1ccc(C(F)(F)F)cc1. The van der Waals surface area contributed by atoms with Crippen LogP contribution in [0.4, 0.5) is 22.0 Å². The zero-order valence-electron chi connectivity index (χ0n) is 13.7. The van der Waals surface area contributed by atoms with Crippen molar-refractivity contribution in [1.82, 2.24) is 0 Å². The number of nitrogens with zero attached hydrogens (tertiary/aromatic N) is 1. The summed E-state index contributed by atoms with van der Waals surface area (Å²) in [7, 11) is 0. The number of carbonyl (C=O) groups is 1. The van der Waals surface area contributed by atoms with Gasteiger partial charge in [0.05, 0.1) is 5.56 Å². The maximum absolute atomic E-state index is 13.1. The molecule has 1 N–H and O–H groups in total. The van der Waals surface area contributed by atoms with Gasteiger partial charge < -0.3 is 5.11 Å². The zero-order valence-corrected chi connectivity index (χ0v) is 13.7. The van der Waals surface area contributed by atoms with Crippen LogP contribution in [0, 0.1) is 16.7 Å². The lowest BCUT2D eigenvalue weighted by atomic mass is 9.81. The maximum Gasteiger partial charge on any atom is 0.416 e. The van der Waals surface area contributed by atoms with Crippen LogP contribution in [0.15, 0.2) is 35.6 Å². The van der Waals surface area contributed by atoms with Gasteiger partial charge in [-0.15, -0.1) is 0 Å². The molecule has 0 aliphatic heterocycles. The molecule has 0 saturated heterocycles. The van der Waals surface area contributed by atoms with Crippen LogP contribution >= 0.6 is 0 Å². The van der Waals surface area contributed by atoms with Gasteiger partial charge in [-0.25, -0.2) is 0 Å². The van der Waals surface area contributed by atoms with E-state index in [-0.39, 0.29) is 6.42 Å². The Kier molecular flexibility index (Phi) is 5.63. The Balaban J connectivity index is 3.17. The number of ketones is 1. The Hall–Kier alpha value is -2.43. The van der Waals surface area contributed by atoms with Crippen LogP contribution in [0.2, 0.25) is 0 Å². The van der Waals surface area contributed by atoms with Crippen molar-refractivity contribution in [3.05, 3.63) is 46.7 Å². The molecule has 0 radical (unpaired) electrons. The molecule has 8 heteroatoms. The largest absolute Gasteiger partial charge is 0.510 e. The van der Waals surface area contributed by atoms with E-state index in [0.717, 1.165) is 12.1 Å². The quantitative estimate of drug-likeness (QED) is 0.353. The molecule has 0 aliphatic carbocycles. The number of aliphatic hydroxyl groups excluding tert-OH is 1. The van der Waals surface area contributed by atoms with Crippen LogP contribution in [0.1, 0.15) is 31.9 Å². The molecule has 0 aromatic heterocycles. The standard InChI is InChI=1S/C17H16F5NO2/c1-15(2,13(24)12(9-23)14(25)16(3,18)19)8-10-4-6-11(7-5-10)17(20,21)22/h4-7,24H,8H2,1-3H3. The molecule has 0 heterocycles. The fraction of sp³-hybridized carbons (Fsp3) is 0.412. The fourth-order valence-corrected chi connectivity index (χ4v) is 2.17. The Labute approximate surface area is 141 Å². The van der Waals surface area contributed by atoms with E-state index in [0.29, 0.717) is 12.5 Å². The van der Waals surface area contributed by atoms with E-state index in [9.17, 15) is 31.9 Å². The van der Waals surface area contributed by atoms with Gasteiger partial charge in [-0.3, -0.25) is 4.79 Å². The minimum atomic E-state index is -4.50. The van der Waals surface area contributed by atoms with E-state index in [1.165, 1.54) is 32.0 Å². The molecule has 1 aromatic carbocycles. The van der Waals surface area contributed by atoms with Gasteiger partial charge in [-0.1, -0.05) is 26.0 Å². The summed E-state index contributed by atoms with van der Waals surface area (Å²) in [6.45, 7) is 3.08. The smallest absolute Gasteiger partial charge is 0.416 e. The summed E-state index contributed by atoms with van der Waals surface area (Å²) < 4.78 is 63.9. The Morgan fingerprint density at radius 3 is 1.92 bits per heavy atom. The third-order valence-corrected chi connectivity index (χ3v) is 3.54. The molecule has 136 valence electrons. The van der Waals surface area contributed by atoms with Crippen LogP contribution in [0.3, 0.4) is 0 Å². The molecule has 0 unspecified atom stereocenters. The van der Waals surface area contributed by atoms with Gasteiger partial charge in [0.2, 0.25) is 5.78 Å². The van der Waals surface area contributed by atoms with Gasteiger partial charge >= 0.3 is 12.1 Å².